The Labute approximate surface area is 193 Å². The van der Waals surface area contributed by atoms with Gasteiger partial charge >= 0.3 is 11.7 Å². The highest BCUT2D eigenvalue weighted by atomic mass is 32.1. The first-order chi connectivity index (χ1) is 15.6. The van der Waals surface area contributed by atoms with Crippen molar-refractivity contribution in [2.45, 2.75) is 20.4 Å². The third-order valence-electron chi connectivity index (χ3n) is 4.79. The van der Waals surface area contributed by atoms with Crippen molar-refractivity contribution in [3.8, 4) is 16.3 Å². The van der Waals surface area contributed by atoms with Gasteiger partial charge in [0.2, 0.25) is 5.78 Å². The summed E-state index contributed by atoms with van der Waals surface area (Å²) in [5, 5.41) is 2.11. The molecule has 0 saturated carbocycles. The molecule has 2 aromatic heterocycles. The number of aromatic nitrogens is 3. The Balaban J connectivity index is 1.77. The summed E-state index contributed by atoms with van der Waals surface area (Å²) in [5.74, 6) is -1.12. The van der Waals surface area contributed by atoms with Crippen LogP contribution in [0.2, 0.25) is 0 Å². The van der Waals surface area contributed by atoms with Crippen LogP contribution >= 0.6 is 11.3 Å². The van der Waals surface area contributed by atoms with Gasteiger partial charge in [0.15, 0.2) is 12.3 Å². The van der Waals surface area contributed by atoms with Gasteiger partial charge in [0.1, 0.15) is 22.1 Å². The monoisotopic (exact) mass is 472 g/mol. The largest absolute Gasteiger partial charge is 0.497 e. The molecule has 0 saturated heterocycles. The van der Waals surface area contributed by atoms with Gasteiger partial charge in [0.05, 0.1) is 7.11 Å². The molecule has 3 aromatic rings. The maximum atomic E-state index is 12.7. The number of carbonyl (C=O) groups is 2. The summed E-state index contributed by atoms with van der Waals surface area (Å²) in [6.07, 6.45) is 0. The van der Waals surface area contributed by atoms with Crippen LogP contribution in [0.15, 0.2) is 39.2 Å². The number of ether oxygens (including phenoxy) is 2. The summed E-state index contributed by atoms with van der Waals surface area (Å²) in [4.78, 5) is 54.2. The van der Waals surface area contributed by atoms with Gasteiger partial charge < -0.3 is 15.2 Å². The first-order valence-electron chi connectivity index (χ1n) is 10.0. The van der Waals surface area contributed by atoms with Crippen LogP contribution in [0.1, 0.15) is 34.7 Å². The van der Waals surface area contributed by atoms with E-state index in [4.69, 9.17) is 15.2 Å². The lowest BCUT2D eigenvalue weighted by Gasteiger charge is -2.16. The molecule has 0 bridgehead atoms. The molecule has 0 amide bonds. The number of esters is 1. The number of anilines is 1. The number of benzene rings is 1. The van der Waals surface area contributed by atoms with E-state index >= 15 is 0 Å². The van der Waals surface area contributed by atoms with Crippen molar-refractivity contribution >= 4 is 28.9 Å². The van der Waals surface area contributed by atoms with Crippen molar-refractivity contribution in [1.29, 1.82) is 0 Å². The molecule has 0 aliphatic heterocycles. The Morgan fingerprint density at radius 3 is 2.45 bits per heavy atom. The molecule has 0 unspecified atom stereocenters. The zero-order valence-corrected chi connectivity index (χ0v) is 19.5. The number of nitrogen functional groups attached to an aromatic ring is 1. The molecule has 0 fully saturated rings. The van der Waals surface area contributed by atoms with Crippen LogP contribution in [0, 0.1) is 5.92 Å². The number of ketones is 1. The summed E-state index contributed by atoms with van der Waals surface area (Å²) in [7, 11) is 2.83. The van der Waals surface area contributed by atoms with Crippen LogP contribution in [0.5, 0.6) is 5.75 Å². The van der Waals surface area contributed by atoms with Crippen molar-refractivity contribution in [2.24, 2.45) is 13.0 Å². The minimum atomic E-state index is -0.839. The summed E-state index contributed by atoms with van der Waals surface area (Å²) in [6.45, 7) is 3.25. The molecule has 2 heterocycles. The van der Waals surface area contributed by atoms with E-state index in [9.17, 15) is 19.2 Å². The van der Waals surface area contributed by atoms with Crippen LogP contribution < -0.4 is 21.7 Å². The van der Waals surface area contributed by atoms with E-state index in [1.807, 2.05) is 13.8 Å². The number of Topliss-reactive ketones (excluding diaryl/α,β-unsaturated/α-hetero) is 1. The van der Waals surface area contributed by atoms with Crippen LogP contribution in [0.4, 0.5) is 5.82 Å². The van der Waals surface area contributed by atoms with Crippen molar-refractivity contribution in [2.75, 3.05) is 19.5 Å². The zero-order chi connectivity index (χ0) is 24.3. The van der Waals surface area contributed by atoms with Gasteiger partial charge in [-0.25, -0.2) is 14.6 Å². The third-order valence-corrected chi connectivity index (χ3v) is 5.69. The quantitative estimate of drug-likeness (QED) is 0.388. The molecule has 3 rings (SSSR count). The van der Waals surface area contributed by atoms with E-state index < -0.39 is 29.6 Å². The van der Waals surface area contributed by atoms with Crippen molar-refractivity contribution < 1.29 is 19.1 Å². The lowest BCUT2D eigenvalue weighted by atomic mass is 10.1. The molecule has 0 aliphatic carbocycles. The van der Waals surface area contributed by atoms with E-state index in [0.717, 1.165) is 10.1 Å². The SMILES string of the molecule is COc1ccc(-c2nc(C(=O)OCC(=O)c3c(N)n(CC(C)C)c(=O)n(C)c3=O)cs2)cc1. The van der Waals surface area contributed by atoms with Gasteiger partial charge in [0.25, 0.3) is 5.56 Å². The fourth-order valence-electron chi connectivity index (χ4n) is 3.10. The summed E-state index contributed by atoms with van der Waals surface area (Å²) >= 11 is 1.24. The van der Waals surface area contributed by atoms with Crippen LogP contribution in [-0.4, -0.2) is 39.6 Å². The lowest BCUT2D eigenvalue weighted by molar-refractivity contribution is 0.0469. The van der Waals surface area contributed by atoms with Gasteiger partial charge in [-0.3, -0.25) is 18.7 Å². The predicted molar refractivity (Wildman–Crippen MR) is 124 cm³/mol. The van der Waals surface area contributed by atoms with E-state index in [1.165, 1.54) is 28.3 Å². The highest BCUT2D eigenvalue weighted by molar-refractivity contribution is 7.13. The third kappa shape index (κ3) is 5.03. The molecule has 174 valence electrons. The number of hydrogen-bond acceptors (Lipinski definition) is 9. The van der Waals surface area contributed by atoms with Gasteiger partial charge in [-0.2, -0.15) is 0 Å². The van der Waals surface area contributed by atoms with Crippen LogP contribution in [0.3, 0.4) is 0 Å². The smallest absolute Gasteiger partial charge is 0.358 e. The predicted octanol–water partition coefficient (Wildman–Crippen LogP) is 1.96. The molecule has 1 aromatic carbocycles. The first kappa shape index (κ1) is 23.9. The van der Waals surface area contributed by atoms with Gasteiger partial charge in [0, 0.05) is 24.5 Å². The second-order valence-electron chi connectivity index (χ2n) is 7.68. The average Bonchev–Trinajstić information content (AvgIpc) is 3.29. The Kier molecular flexibility index (Phi) is 7.12. The van der Waals surface area contributed by atoms with E-state index in [0.29, 0.717) is 10.8 Å². The molecule has 0 spiro atoms. The number of hydrogen-bond donors (Lipinski definition) is 1. The van der Waals surface area contributed by atoms with Crippen molar-refractivity contribution in [3.05, 3.63) is 61.7 Å². The zero-order valence-electron chi connectivity index (χ0n) is 18.7. The number of thiazole rings is 1. The Hall–Kier alpha value is -3.73. The first-order valence-corrected chi connectivity index (χ1v) is 10.9. The molecular formula is C22H24N4O6S. The maximum Gasteiger partial charge on any atom is 0.358 e. The Morgan fingerprint density at radius 1 is 1.18 bits per heavy atom. The molecule has 0 atom stereocenters. The van der Waals surface area contributed by atoms with Crippen molar-refractivity contribution in [1.82, 2.24) is 14.1 Å². The number of carbonyl (C=O) groups excluding carboxylic acids is 2. The molecule has 0 aliphatic rings. The summed E-state index contributed by atoms with van der Waals surface area (Å²) in [6, 6.07) is 7.16. The number of nitrogens with two attached hydrogens (primary N) is 1. The summed E-state index contributed by atoms with van der Waals surface area (Å²) < 4.78 is 12.2. The van der Waals surface area contributed by atoms with Crippen molar-refractivity contribution in [3.63, 3.8) is 0 Å². The summed E-state index contributed by atoms with van der Waals surface area (Å²) in [5.41, 5.74) is 4.96. The number of nitrogens with zero attached hydrogens (tertiary/aromatic N) is 3. The number of methoxy groups -OCH3 is 1. The highest BCUT2D eigenvalue weighted by Crippen LogP contribution is 2.26. The highest BCUT2D eigenvalue weighted by Gasteiger charge is 2.23. The topological polar surface area (TPSA) is 136 Å². The molecule has 11 heteroatoms. The van der Waals surface area contributed by atoms with Gasteiger partial charge in [-0.1, -0.05) is 13.8 Å². The fraction of sp³-hybridized carbons (Fsp3) is 0.318. The maximum absolute atomic E-state index is 12.7. The fourth-order valence-corrected chi connectivity index (χ4v) is 3.89. The molecule has 10 nitrogen and oxygen atoms in total. The Bertz CT molecular complexity index is 1300. The second-order valence-corrected chi connectivity index (χ2v) is 8.54. The normalized spacial score (nSPS) is 10.9. The molecule has 33 heavy (non-hydrogen) atoms. The average molecular weight is 473 g/mol. The second kappa shape index (κ2) is 9.82. The number of rotatable bonds is 8. The molecule has 2 N–H and O–H groups in total. The van der Waals surface area contributed by atoms with Gasteiger partial charge in [-0.05, 0) is 30.2 Å². The molecular weight excluding hydrogens is 448 g/mol. The lowest BCUT2D eigenvalue weighted by Crippen LogP contribution is -2.43. The van der Waals surface area contributed by atoms with E-state index in [2.05, 4.69) is 4.98 Å². The minimum absolute atomic E-state index is 0.0317. The van der Waals surface area contributed by atoms with E-state index in [1.54, 1.807) is 31.4 Å². The minimum Gasteiger partial charge on any atom is -0.497 e. The van der Waals surface area contributed by atoms with E-state index in [-0.39, 0.29) is 29.5 Å². The molecule has 0 radical (unpaired) electrons. The standard InChI is InChI=1S/C22H24N4O6S/c1-12(2)9-26-18(23)17(20(28)25(3)22(26)30)16(27)10-32-21(29)15-11-33-19(24-15)13-5-7-14(31-4)8-6-13/h5-8,11-12H,9-10,23H2,1-4H3. The van der Waals surface area contributed by atoms with Crippen LogP contribution in [0.25, 0.3) is 10.6 Å². The van der Waals surface area contributed by atoms with Crippen LogP contribution in [-0.2, 0) is 18.3 Å². The van der Waals surface area contributed by atoms with Gasteiger partial charge in [-0.15, -0.1) is 11.3 Å². The Morgan fingerprint density at radius 2 is 1.85 bits per heavy atom.